The lowest BCUT2D eigenvalue weighted by molar-refractivity contribution is -0.485. The van der Waals surface area contributed by atoms with Crippen LogP contribution in [0.25, 0.3) is 0 Å². The monoisotopic (exact) mass is 183 g/mol. The predicted octanol–water partition coefficient (Wildman–Crippen LogP) is -0.299. The zero-order valence-corrected chi connectivity index (χ0v) is 6.93. The Hall–Kier alpha value is -1.84. The lowest BCUT2D eigenvalue weighted by atomic mass is 10.4. The molecule has 0 aliphatic carbocycles. The number of rotatable bonds is 1. The summed E-state index contributed by atoms with van der Waals surface area (Å²) < 4.78 is 0. The maximum Gasteiger partial charge on any atom is 0.284 e. The molecule has 0 radical (unpaired) electrons. The summed E-state index contributed by atoms with van der Waals surface area (Å²) in [5.74, 6) is 0.0324. The Kier molecular flexibility index (Phi) is 3.03. The fourth-order valence-electron chi connectivity index (χ4n) is 1.22. The minimum Gasteiger partial charge on any atom is -0.337 e. The molecule has 1 N–H and O–H groups in total. The van der Waals surface area contributed by atoms with Crippen LogP contribution < -0.4 is 5.32 Å². The molecule has 70 valence electrons. The van der Waals surface area contributed by atoms with Crippen LogP contribution in [0.4, 0.5) is 0 Å². The van der Waals surface area contributed by atoms with Crippen molar-refractivity contribution in [2.24, 2.45) is 5.10 Å². The molecule has 1 fully saturated rings. The van der Waals surface area contributed by atoms with Gasteiger partial charge < -0.3 is 4.90 Å². The average molecular weight is 183 g/mol. The van der Waals surface area contributed by atoms with E-state index in [0.29, 0.717) is 13.1 Å². The third-order valence-electron chi connectivity index (χ3n) is 1.75. The highest BCUT2D eigenvalue weighted by Gasteiger charge is 2.18. The number of hydrogen-bond donors (Lipinski definition) is 1. The Morgan fingerprint density at radius 3 is 2.69 bits per heavy atom. The number of guanidine groups is 1. The topological polar surface area (TPSA) is 94.6 Å². The van der Waals surface area contributed by atoms with Gasteiger partial charge >= 0.3 is 0 Å². The van der Waals surface area contributed by atoms with E-state index in [9.17, 15) is 10.1 Å². The first kappa shape index (κ1) is 9.25. The molecule has 0 bridgehead atoms. The quantitative estimate of drug-likeness (QED) is 0.150. The predicted molar refractivity (Wildman–Crippen MR) is 44.0 cm³/mol. The molecule has 1 rings (SSSR count). The molecule has 0 aromatic carbocycles. The van der Waals surface area contributed by atoms with E-state index in [1.807, 2.05) is 0 Å². The summed E-state index contributed by atoms with van der Waals surface area (Å²) in [4.78, 5) is 11.8. The SMILES string of the molecule is N#CNC(=N[N+](=O)[O-])N1CCCC1. The van der Waals surface area contributed by atoms with Gasteiger partial charge in [0.1, 0.15) is 5.10 Å². The van der Waals surface area contributed by atoms with Gasteiger partial charge in [-0.3, -0.25) is 5.32 Å². The van der Waals surface area contributed by atoms with E-state index in [-0.39, 0.29) is 5.96 Å². The van der Waals surface area contributed by atoms with Gasteiger partial charge in [0.05, 0.1) is 0 Å². The molecule has 13 heavy (non-hydrogen) atoms. The Balaban J connectivity index is 2.67. The normalized spacial score (nSPS) is 16.8. The lowest BCUT2D eigenvalue weighted by Gasteiger charge is -2.14. The van der Waals surface area contributed by atoms with Crippen molar-refractivity contribution in [2.75, 3.05) is 13.1 Å². The van der Waals surface area contributed by atoms with Crippen molar-refractivity contribution >= 4 is 5.96 Å². The van der Waals surface area contributed by atoms with Gasteiger partial charge in [-0.15, -0.1) is 0 Å². The molecule has 7 nitrogen and oxygen atoms in total. The van der Waals surface area contributed by atoms with Crippen molar-refractivity contribution in [3.05, 3.63) is 10.1 Å². The van der Waals surface area contributed by atoms with E-state index in [1.54, 1.807) is 11.1 Å². The molecular formula is C6H9N5O2. The Labute approximate surface area is 74.8 Å². The standard InChI is InChI=1S/C6H9N5O2/c7-5-8-6(9-11(12)13)10-3-1-2-4-10/h1-4H2,(H,8,9). The summed E-state index contributed by atoms with van der Waals surface area (Å²) in [5, 5.41) is 22.9. The van der Waals surface area contributed by atoms with Crippen molar-refractivity contribution in [3.63, 3.8) is 0 Å². The largest absolute Gasteiger partial charge is 0.337 e. The van der Waals surface area contributed by atoms with Crippen LogP contribution >= 0.6 is 0 Å². The van der Waals surface area contributed by atoms with Crippen LogP contribution in [-0.2, 0) is 0 Å². The van der Waals surface area contributed by atoms with E-state index in [0.717, 1.165) is 12.8 Å². The molecule has 1 heterocycles. The van der Waals surface area contributed by atoms with E-state index < -0.39 is 5.03 Å². The van der Waals surface area contributed by atoms with E-state index in [2.05, 4.69) is 10.4 Å². The molecular weight excluding hydrogens is 174 g/mol. The van der Waals surface area contributed by atoms with Crippen LogP contribution in [0.2, 0.25) is 0 Å². The molecule has 0 amide bonds. The Morgan fingerprint density at radius 1 is 1.62 bits per heavy atom. The zero-order chi connectivity index (χ0) is 9.68. The molecule has 7 heteroatoms. The van der Waals surface area contributed by atoms with Crippen molar-refractivity contribution in [1.29, 1.82) is 5.26 Å². The summed E-state index contributed by atoms with van der Waals surface area (Å²) in [5.41, 5.74) is 0. The maximum absolute atomic E-state index is 10.1. The summed E-state index contributed by atoms with van der Waals surface area (Å²) in [6, 6.07) is 0. The molecule has 1 aliphatic rings. The van der Waals surface area contributed by atoms with Gasteiger partial charge in [-0.2, -0.15) is 5.26 Å². The van der Waals surface area contributed by atoms with Gasteiger partial charge in [-0.1, -0.05) is 0 Å². The number of likely N-dealkylation sites (tertiary alicyclic amines) is 1. The van der Waals surface area contributed by atoms with Gasteiger partial charge in [0.25, 0.3) is 5.96 Å². The van der Waals surface area contributed by atoms with Crippen molar-refractivity contribution in [3.8, 4) is 6.19 Å². The maximum atomic E-state index is 10.1. The molecule has 0 aromatic heterocycles. The van der Waals surface area contributed by atoms with Crippen LogP contribution in [0.3, 0.4) is 0 Å². The number of nitrogens with one attached hydrogen (secondary N) is 1. The van der Waals surface area contributed by atoms with Crippen molar-refractivity contribution in [1.82, 2.24) is 10.2 Å². The molecule has 1 aliphatic heterocycles. The van der Waals surface area contributed by atoms with Gasteiger partial charge in [0.2, 0.25) is 0 Å². The summed E-state index contributed by atoms with van der Waals surface area (Å²) in [6.45, 7) is 1.42. The smallest absolute Gasteiger partial charge is 0.284 e. The first-order chi connectivity index (χ1) is 6.24. The average Bonchev–Trinajstić information content (AvgIpc) is 2.54. The highest BCUT2D eigenvalue weighted by atomic mass is 16.7. The van der Waals surface area contributed by atoms with Crippen LogP contribution in [0.15, 0.2) is 5.10 Å². The minimum atomic E-state index is -0.808. The fourth-order valence-corrected chi connectivity index (χ4v) is 1.22. The summed E-state index contributed by atoms with van der Waals surface area (Å²) in [6.07, 6.45) is 3.58. The minimum absolute atomic E-state index is 0.0324. The molecule has 0 spiro atoms. The first-order valence-corrected chi connectivity index (χ1v) is 3.87. The summed E-state index contributed by atoms with van der Waals surface area (Å²) >= 11 is 0. The van der Waals surface area contributed by atoms with Gasteiger partial charge in [-0.25, -0.2) is 10.1 Å². The molecule has 0 unspecified atom stereocenters. The van der Waals surface area contributed by atoms with Crippen LogP contribution in [0, 0.1) is 21.6 Å². The van der Waals surface area contributed by atoms with Gasteiger partial charge in [-0.05, 0) is 12.8 Å². The zero-order valence-electron chi connectivity index (χ0n) is 6.93. The highest BCUT2D eigenvalue weighted by Crippen LogP contribution is 2.06. The third kappa shape index (κ3) is 2.59. The van der Waals surface area contributed by atoms with Gasteiger partial charge in [0, 0.05) is 13.1 Å². The lowest BCUT2D eigenvalue weighted by Crippen LogP contribution is -2.37. The van der Waals surface area contributed by atoms with Crippen molar-refractivity contribution in [2.45, 2.75) is 12.8 Å². The summed E-state index contributed by atoms with van der Waals surface area (Å²) in [7, 11) is 0. The van der Waals surface area contributed by atoms with Crippen LogP contribution in [0.5, 0.6) is 0 Å². The Morgan fingerprint density at radius 2 is 2.23 bits per heavy atom. The fraction of sp³-hybridized carbons (Fsp3) is 0.667. The second-order valence-corrected chi connectivity index (χ2v) is 2.59. The van der Waals surface area contributed by atoms with Crippen LogP contribution in [-0.4, -0.2) is 29.0 Å². The van der Waals surface area contributed by atoms with E-state index >= 15 is 0 Å². The van der Waals surface area contributed by atoms with Gasteiger partial charge in [0.15, 0.2) is 11.2 Å². The molecule has 0 saturated carbocycles. The number of nitro groups is 1. The third-order valence-corrected chi connectivity index (χ3v) is 1.75. The molecule has 1 saturated heterocycles. The second-order valence-electron chi connectivity index (χ2n) is 2.59. The number of hydrazone groups is 1. The molecule has 0 atom stereocenters. The van der Waals surface area contributed by atoms with E-state index in [1.165, 1.54) is 0 Å². The molecule has 0 aromatic rings. The number of nitriles is 1. The first-order valence-electron chi connectivity index (χ1n) is 3.87. The number of hydrogen-bond acceptors (Lipinski definition) is 3. The van der Waals surface area contributed by atoms with E-state index in [4.69, 9.17) is 5.26 Å². The highest BCUT2D eigenvalue weighted by molar-refractivity contribution is 5.80. The van der Waals surface area contributed by atoms with Crippen molar-refractivity contribution < 1.29 is 5.03 Å². The Bertz CT molecular complexity index is 263. The second kappa shape index (κ2) is 4.25. The number of nitrogens with zero attached hydrogens (tertiary/aromatic N) is 4. The van der Waals surface area contributed by atoms with Crippen LogP contribution in [0.1, 0.15) is 12.8 Å².